The van der Waals surface area contributed by atoms with Crippen molar-refractivity contribution in [3.8, 4) is 0 Å². The number of nitrogens with one attached hydrogen (secondary N) is 3. The van der Waals surface area contributed by atoms with E-state index in [0.29, 0.717) is 28.2 Å². The van der Waals surface area contributed by atoms with Gasteiger partial charge in [-0.3, -0.25) is 14.4 Å². The van der Waals surface area contributed by atoms with Gasteiger partial charge < -0.3 is 16.0 Å². The molecular formula is C21H19N3O3S. The van der Waals surface area contributed by atoms with Gasteiger partial charge in [0.1, 0.15) is 0 Å². The number of carbonyl (C=O) groups is 3. The molecule has 0 spiro atoms. The molecule has 0 aliphatic carbocycles. The summed E-state index contributed by atoms with van der Waals surface area (Å²) in [5.74, 6) is -0.498. The van der Waals surface area contributed by atoms with Crippen LogP contribution in [0.2, 0.25) is 0 Å². The first-order valence-electron chi connectivity index (χ1n) is 8.61. The van der Waals surface area contributed by atoms with E-state index < -0.39 is 0 Å². The van der Waals surface area contributed by atoms with E-state index in [9.17, 15) is 14.4 Å². The third-order valence-electron chi connectivity index (χ3n) is 4.01. The zero-order valence-electron chi connectivity index (χ0n) is 15.2. The molecule has 3 N–H and O–H groups in total. The standard InChI is InChI=1S/C21H19N3O3S/c1-22-19(25)13-14-4-8-16(9-5-14)23-20(26)15-6-10-17(11-7-15)24-21(27)18-3-2-12-28-18/h2-12H,13H2,1H3,(H,22,25)(H,23,26)(H,24,27). The molecule has 0 saturated heterocycles. The number of rotatable bonds is 6. The van der Waals surface area contributed by atoms with Crippen molar-refractivity contribution in [3.05, 3.63) is 82.0 Å². The molecule has 0 fully saturated rings. The van der Waals surface area contributed by atoms with Gasteiger partial charge in [-0.15, -0.1) is 11.3 Å². The Morgan fingerprint density at radius 2 is 1.43 bits per heavy atom. The first-order chi connectivity index (χ1) is 13.5. The Morgan fingerprint density at radius 1 is 0.821 bits per heavy atom. The molecule has 2 aromatic carbocycles. The predicted octanol–water partition coefficient (Wildman–Crippen LogP) is 3.54. The van der Waals surface area contributed by atoms with Crippen molar-refractivity contribution in [2.75, 3.05) is 17.7 Å². The van der Waals surface area contributed by atoms with Gasteiger partial charge in [0.2, 0.25) is 5.91 Å². The van der Waals surface area contributed by atoms with Crippen LogP contribution < -0.4 is 16.0 Å². The van der Waals surface area contributed by atoms with Gasteiger partial charge in [0.05, 0.1) is 11.3 Å². The summed E-state index contributed by atoms with van der Waals surface area (Å²) in [6, 6.07) is 17.4. The van der Waals surface area contributed by atoms with Gasteiger partial charge in [-0.1, -0.05) is 18.2 Å². The summed E-state index contributed by atoms with van der Waals surface area (Å²) in [7, 11) is 1.59. The fourth-order valence-electron chi connectivity index (χ4n) is 2.49. The summed E-state index contributed by atoms with van der Waals surface area (Å²) < 4.78 is 0. The Morgan fingerprint density at radius 3 is 2.00 bits per heavy atom. The minimum absolute atomic E-state index is 0.0666. The van der Waals surface area contributed by atoms with Crippen molar-refractivity contribution in [3.63, 3.8) is 0 Å². The lowest BCUT2D eigenvalue weighted by atomic mass is 10.1. The van der Waals surface area contributed by atoms with E-state index in [1.807, 2.05) is 11.4 Å². The first-order valence-corrected chi connectivity index (χ1v) is 9.49. The largest absolute Gasteiger partial charge is 0.359 e. The maximum atomic E-state index is 12.4. The fourth-order valence-corrected chi connectivity index (χ4v) is 3.11. The van der Waals surface area contributed by atoms with E-state index in [-0.39, 0.29) is 17.7 Å². The third kappa shape index (κ3) is 5.05. The van der Waals surface area contributed by atoms with Crippen LogP contribution in [-0.4, -0.2) is 24.8 Å². The van der Waals surface area contributed by atoms with Gasteiger partial charge >= 0.3 is 0 Å². The van der Waals surface area contributed by atoms with E-state index in [1.54, 1.807) is 61.6 Å². The molecule has 6 nitrogen and oxygen atoms in total. The molecule has 142 valence electrons. The zero-order valence-corrected chi connectivity index (χ0v) is 16.0. The van der Waals surface area contributed by atoms with Gasteiger partial charge in [-0.2, -0.15) is 0 Å². The molecule has 3 aromatic rings. The molecule has 7 heteroatoms. The Kier molecular flexibility index (Phi) is 6.18. The van der Waals surface area contributed by atoms with E-state index >= 15 is 0 Å². The smallest absolute Gasteiger partial charge is 0.265 e. The lowest BCUT2D eigenvalue weighted by Gasteiger charge is -2.08. The van der Waals surface area contributed by atoms with Crippen LogP contribution >= 0.6 is 11.3 Å². The Labute approximate surface area is 166 Å². The number of hydrogen-bond donors (Lipinski definition) is 3. The van der Waals surface area contributed by atoms with Gasteiger partial charge in [0, 0.05) is 24.0 Å². The van der Waals surface area contributed by atoms with Crippen LogP contribution in [-0.2, 0) is 11.2 Å². The van der Waals surface area contributed by atoms with Crippen LogP contribution in [0.15, 0.2) is 66.0 Å². The number of hydrogen-bond acceptors (Lipinski definition) is 4. The molecule has 28 heavy (non-hydrogen) atoms. The normalized spacial score (nSPS) is 10.2. The highest BCUT2D eigenvalue weighted by Gasteiger charge is 2.09. The van der Waals surface area contributed by atoms with Crippen molar-refractivity contribution in [1.82, 2.24) is 5.32 Å². The topological polar surface area (TPSA) is 87.3 Å². The van der Waals surface area contributed by atoms with Crippen molar-refractivity contribution in [1.29, 1.82) is 0 Å². The number of benzene rings is 2. The van der Waals surface area contributed by atoms with Crippen LogP contribution in [0.3, 0.4) is 0 Å². The molecule has 0 saturated carbocycles. The lowest BCUT2D eigenvalue weighted by Crippen LogP contribution is -2.19. The van der Waals surface area contributed by atoms with Crippen LogP contribution in [0.5, 0.6) is 0 Å². The Balaban J connectivity index is 1.58. The summed E-state index contributed by atoms with van der Waals surface area (Å²) in [6.45, 7) is 0. The van der Waals surface area contributed by atoms with Crippen LogP contribution in [0.25, 0.3) is 0 Å². The maximum absolute atomic E-state index is 12.4. The van der Waals surface area contributed by atoms with E-state index in [1.165, 1.54) is 11.3 Å². The molecule has 0 unspecified atom stereocenters. The SMILES string of the molecule is CNC(=O)Cc1ccc(NC(=O)c2ccc(NC(=O)c3cccs3)cc2)cc1. The number of anilines is 2. The number of likely N-dealkylation sites (N-methyl/N-ethyl adjacent to an activating group) is 1. The highest BCUT2D eigenvalue weighted by molar-refractivity contribution is 7.12. The minimum Gasteiger partial charge on any atom is -0.359 e. The second-order valence-corrected chi connectivity index (χ2v) is 6.96. The van der Waals surface area contributed by atoms with Gasteiger partial charge in [0.25, 0.3) is 11.8 Å². The zero-order chi connectivity index (χ0) is 19.9. The van der Waals surface area contributed by atoms with E-state index in [2.05, 4.69) is 16.0 Å². The second kappa shape index (κ2) is 8.96. The maximum Gasteiger partial charge on any atom is 0.265 e. The molecule has 3 rings (SSSR count). The first kappa shape index (κ1) is 19.3. The average molecular weight is 393 g/mol. The second-order valence-electron chi connectivity index (χ2n) is 6.01. The summed E-state index contributed by atoms with van der Waals surface area (Å²) in [5, 5.41) is 10.0. The van der Waals surface area contributed by atoms with Crippen molar-refractivity contribution >= 4 is 40.4 Å². The van der Waals surface area contributed by atoms with Crippen LogP contribution in [0.1, 0.15) is 25.6 Å². The van der Waals surface area contributed by atoms with E-state index in [0.717, 1.165) is 5.56 Å². The van der Waals surface area contributed by atoms with Gasteiger partial charge in [-0.25, -0.2) is 0 Å². The third-order valence-corrected chi connectivity index (χ3v) is 4.87. The summed E-state index contributed by atoms with van der Waals surface area (Å²) in [4.78, 5) is 36.4. The molecule has 1 aromatic heterocycles. The summed E-state index contributed by atoms with van der Waals surface area (Å²) >= 11 is 1.37. The molecule has 0 bridgehead atoms. The van der Waals surface area contributed by atoms with Crippen molar-refractivity contribution in [2.45, 2.75) is 6.42 Å². The highest BCUT2D eigenvalue weighted by atomic mass is 32.1. The fraction of sp³-hybridized carbons (Fsp3) is 0.0952. The number of carbonyl (C=O) groups excluding carboxylic acids is 3. The summed E-state index contributed by atoms with van der Waals surface area (Å²) in [6.07, 6.45) is 0.295. The molecule has 0 atom stereocenters. The van der Waals surface area contributed by atoms with Gasteiger partial charge in [-0.05, 0) is 53.4 Å². The molecule has 1 heterocycles. The summed E-state index contributed by atoms with van der Waals surface area (Å²) in [5.41, 5.74) is 2.60. The van der Waals surface area contributed by atoms with Crippen LogP contribution in [0, 0.1) is 0 Å². The number of amides is 3. The van der Waals surface area contributed by atoms with Crippen LogP contribution in [0.4, 0.5) is 11.4 Å². The Bertz CT molecular complexity index is 965. The van der Waals surface area contributed by atoms with Gasteiger partial charge in [0.15, 0.2) is 0 Å². The molecule has 0 aliphatic rings. The monoisotopic (exact) mass is 393 g/mol. The Hall–Kier alpha value is -3.45. The molecule has 0 radical (unpaired) electrons. The van der Waals surface area contributed by atoms with Crippen molar-refractivity contribution in [2.24, 2.45) is 0 Å². The average Bonchev–Trinajstić information content (AvgIpc) is 3.25. The predicted molar refractivity (Wildman–Crippen MR) is 111 cm³/mol. The molecular weight excluding hydrogens is 374 g/mol. The highest BCUT2D eigenvalue weighted by Crippen LogP contribution is 2.16. The minimum atomic E-state index is -0.254. The molecule has 0 aliphatic heterocycles. The quantitative estimate of drug-likeness (QED) is 0.599. The number of thiophene rings is 1. The van der Waals surface area contributed by atoms with Crippen molar-refractivity contribution < 1.29 is 14.4 Å². The molecule has 3 amide bonds. The van der Waals surface area contributed by atoms with E-state index in [4.69, 9.17) is 0 Å². The lowest BCUT2D eigenvalue weighted by molar-refractivity contribution is -0.119.